The van der Waals surface area contributed by atoms with Gasteiger partial charge in [-0.05, 0) is 30.7 Å². The number of benzene rings is 1. The molecule has 2 heterocycles. The Balaban J connectivity index is 1.58. The largest absolute Gasteiger partial charge is 0.506 e. The van der Waals surface area contributed by atoms with Gasteiger partial charge < -0.3 is 14.7 Å². The number of aromatic nitrogens is 1. The Morgan fingerprint density at radius 2 is 2.27 bits per heavy atom. The molecule has 0 bridgehead atoms. The molecule has 1 aliphatic rings. The second-order valence-electron chi connectivity index (χ2n) is 5.30. The summed E-state index contributed by atoms with van der Waals surface area (Å²) in [5, 5.41) is 18.6. The SMILES string of the molecule is N#Cc1ccc(N2CC[C@@H](OCc3ccccn3)C2)cc1O. The lowest BCUT2D eigenvalue weighted by Crippen LogP contribution is -2.22. The van der Waals surface area contributed by atoms with Crippen molar-refractivity contribution in [1.82, 2.24) is 4.98 Å². The van der Waals surface area contributed by atoms with Gasteiger partial charge in [0, 0.05) is 31.0 Å². The molecule has 1 aromatic carbocycles. The van der Waals surface area contributed by atoms with E-state index < -0.39 is 0 Å². The second-order valence-corrected chi connectivity index (χ2v) is 5.30. The number of nitriles is 1. The van der Waals surface area contributed by atoms with Crippen molar-refractivity contribution >= 4 is 5.69 Å². The van der Waals surface area contributed by atoms with Crippen LogP contribution in [-0.2, 0) is 11.3 Å². The van der Waals surface area contributed by atoms with Crippen molar-refractivity contribution in [3.05, 3.63) is 53.9 Å². The number of hydrogen-bond acceptors (Lipinski definition) is 5. The van der Waals surface area contributed by atoms with Gasteiger partial charge in [0.25, 0.3) is 0 Å². The maximum atomic E-state index is 9.78. The van der Waals surface area contributed by atoms with Gasteiger partial charge in [-0.25, -0.2) is 0 Å². The third kappa shape index (κ3) is 3.18. The Morgan fingerprint density at radius 1 is 1.36 bits per heavy atom. The monoisotopic (exact) mass is 295 g/mol. The average molecular weight is 295 g/mol. The van der Waals surface area contributed by atoms with Crippen LogP contribution >= 0.6 is 0 Å². The van der Waals surface area contributed by atoms with Crippen LogP contribution in [0.15, 0.2) is 42.6 Å². The fourth-order valence-corrected chi connectivity index (χ4v) is 2.60. The van der Waals surface area contributed by atoms with Gasteiger partial charge in [0.15, 0.2) is 0 Å². The molecule has 1 fully saturated rings. The van der Waals surface area contributed by atoms with Crippen molar-refractivity contribution in [2.24, 2.45) is 0 Å². The lowest BCUT2D eigenvalue weighted by atomic mass is 10.2. The van der Waals surface area contributed by atoms with Gasteiger partial charge in [-0.15, -0.1) is 0 Å². The molecule has 0 spiro atoms. The second kappa shape index (κ2) is 6.46. The van der Waals surface area contributed by atoms with Crippen LogP contribution < -0.4 is 4.90 Å². The zero-order chi connectivity index (χ0) is 15.4. The van der Waals surface area contributed by atoms with E-state index in [1.165, 1.54) is 0 Å². The first-order valence-electron chi connectivity index (χ1n) is 7.26. The van der Waals surface area contributed by atoms with E-state index in [1.807, 2.05) is 30.3 Å². The van der Waals surface area contributed by atoms with Crippen LogP contribution in [0.2, 0.25) is 0 Å². The summed E-state index contributed by atoms with van der Waals surface area (Å²) < 4.78 is 5.90. The Bertz CT molecular complexity index is 682. The Hall–Kier alpha value is -2.58. The van der Waals surface area contributed by atoms with Crippen LogP contribution in [0.5, 0.6) is 5.75 Å². The van der Waals surface area contributed by atoms with E-state index >= 15 is 0 Å². The molecule has 0 amide bonds. The molecule has 1 N–H and O–H groups in total. The lowest BCUT2D eigenvalue weighted by molar-refractivity contribution is 0.0533. The molecular formula is C17H17N3O2. The smallest absolute Gasteiger partial charge is 0.135 e. The van der Waals surface area contributed by atoms with Crippen LogP contribution in [0.1, 0.15) is 17.7 Å². The number of phenols is 1. The molecule has 1 atom stereocenters. The van der Waals surface area contributed by atoms with E-state index in [2.05, 4.69) is 9.88 Å². The van der Waals surface area contributed by atoms with Crippen molar-refractivity contribution in [2.45, 2.75) is 19.1 Å². The quantitative estimate of drug-likeness (QED) is 0.938. The van der Waals surface area contributed by atoms with Crippen molar-refractivity contribution < 1.29 is 9.84 Å². The molecule has 1 saturated heterocycles. The van der Waals surface area contributed by atoms with Crippen molar-refractivity contribution in [3.63, 3.8) is 0 Å². The molecular weight excluding hydrogens is 278 g/mol. The highest BCUT2D eigenvalue weighted by atomic mass is 16.5. The van der Waals surface area contributed by atoms with Gasteiger partial charge >= 0.3 is 0 Å². The standard InChI is InChI=1S/C17H17N3O2/c18-10-13-4-5-15(9-17(13)21)20-8-6-16(11-20)22-12-14-3-1-2-7-19-14/h1-5,7,9,16,21H,6,8,11-12H2/t16-/m1/s1. The first-order valence-corrected chi connectivity index (χ1v) is 7.26. The summed E-state index contributed by atoms with van der Waals surface area (Å²) in [6.45, 7) is 2.16. The number of rotatable bonds is 4. The molecule has 0 unspecified atom stereocenters. The molecule has 0 radical (unpaired) electrons. The number of phenolic OH excluding ortho intramolecular Hbond substituents is 1. The molecule has 2 aromatic rings. The van der Waals surface area contributed by atoms with E-state index in [9.17, 15) is 5.11 Å². The summed E-state index contributed by atoms with van der Waals surface area (Å²) >= 11 is 0. The zero-order valence-electron chi connectivity index (χ0n) is 12.1. The fraction of sp³-hybridized carbons (Fsp3) is 0.294. The molecule has 5 heteroatoms. The number of nitrogens with zero attached hydrogens (tertiary/aromatic N) is 3. The summed E-state index contributed by atoms with van der Waals surface area (Å²) in [5.41, 5.74) is 2.14. The van der Waals surface area contributed by atoms with Gasteiger partial charge in [0.2, 0.25) is 0 Å². The molecule has 0 aliphatic carbocycles. The molecule has 1 aliphatic heterocycles. The number of anilines is 1. The van der Waals surface area contributed by atoms with Gasteiger partial charge in [0.05, 0.1) is 24.0 Å². The van der Waals surface area contributed by atoms with Crippen LogP contribution in [0, 0.1) is 11.3 Å². The summed E-state index contributed by atoms with van der Waals surface area (Å²) in [5.74, 6) is 0.0258. The first kappa shape index (κ1) is 14.4. The van der Waals surface area contributed by atoms with Gasteiger partial charge in [0.1, 0.15) is 11.8 Å². The van der Waals surface area contributed by atoms with Crippen LogP contribution in [0.4, 0.5) is 5.69 Å². The van der Waals surface area contributed by atoms with Crippen LogP contribution in [0.25, 0.3) is 0 Å². The van der Waals surface area contributed by atoms with E-state index in [0.29, 0.717) is 12.2 Å². The minimum Gasteiger partial charge on any atom is -0.506 e. The highest BCUT2D eigenvalue weighted by molar-refractivity contribution is 5.57. The van der Waals surface area contributed by atoms with Crippen molar-refractivity contribution in [3.8, 4) is 11.8 Å². The minimum absolute atomic E-state index is 0.0258. The molecule has 22 heavy (non-hydrogen) atoms. The minimum atomic E-state index is 0.0258. The molecule has 3 rings (SSSR count). The molecule has 112 valence electrons. The first-order chi connectivity index (χ1) is 10.8. The maximum Gasteiger partial charge on any atom is 0.135 e. The normalized spacial score (nSPS) is 17.4. The number of pyridine rings is 1. The number of aromatic hydroxyl groups is 1. The topological polar surface area (TPSA) is 69.4 Å². The third-order valence-electron chi connectivity index (χ3n) is 3.80. The number of ether oxygens (including phenoxy) is 1. The lowest BCUT2D eigenvalue weighted by Gasteiger charge is -2.19. The summed E-state index contributed by atoms with van der Waals surface area (Å²) in [4.78, 5) is 6.40. The third-order valence-corrected chi connectivity index (χ3v) is 3.80. The molecule has 0 saturated carbocycles. The molecule has 1 aromatic heterocycles. The number of hydrogen-bond donors (Lipinski definition) is 1. The van der Waals surface area contributed by atoms with E-state index in [0.717, 1.165) is 30.9 Å². The Kier molecular flexibility index (Phi) is 4.22. The van der Waals surface area contributed by atoms with Crippen molar-refractivity contribution in [1.29, 1.82) is 5.26 Å². The average Bonchev–Trinajstić information content (AvgIpc) is 3.03. The molecule has 5 nitrogen and oxygen atoms in total. The van der Waals surface area contributed by atoms with Gasteiger partial charge in [-0.3, -0.25) is 4.98 Å². The van der Waals surface area contributed by atoms with Gasteiger partial charge in [-0.2, -0.15) is 5.26 Å². The summed E-state index contributed by atoms with van der Waals surface area (Å²) in [7, 11) is 0. The van der Waals surface area contributed by atoms with E-state index in [4.69, 9.17) is 10.00 Å². The predicted octanol–water partition coefficient (Wildman–Crippen LogP) is 2.45. The maximum absolute atomic E-state index is 9.78. The Morgan fingerprint density at radius 3 is 3.00 bits per heavy atom. The van der Waals surface area contributed by atoms with E-state index in [1.54, 1.807) is 18.3 Å². The Labute approximate surface area is 129 Å². The highest BCUT2D eigenvalue weighted by Crippen LogP contribution is 2.27. The predicted molar refractivity (Wildman–Crippen MR) is 82.5 cm³/mol. The van der Waals surface area contributed by atoms with Crippen LogP contribution in [-0.4, -0.2) is 29.3 Å². The van der Waals surface area contributed by atoms with E-state index in [-0.39, 0.29) is 11.9 Å². The fourth-order valence-electron chi connectivity index (χ4n) is 2.60. The van der Waals surface area contributed by atoms with Crippen LogP contribution in [0.3, 0.4) is 0 Å². The van der Waals surface area contributed by atoms with Crippen molar-refractivity contribution in [2.75, 3.05) is 18.0 Å². The summed E-state index contributed by atoms with van der Waals surface area (Å²) in [6, 6.07) is 12.9. The van der Waals surface area contributed by atoms with Gasteiger partial charge in [-0.1, -0.05) is 6.07 Å². The summed E-state index contributed by atoms with van der Waals surface area (Å²) in [6.07, 6.45) is 2.85. The highest BCUT2D eigenvalue weighted by Gasteiger charge is 2.24. The zero-order valence-corrected chi connectivity index (χ0v) is 12.1.